The molecule has 2 aromatic rings. The molecule has 0 saturated heterocycles. The lowest BCUT2D eigenvalue weighted by Crippen LogP contribution is -2.15. The van der Waals surface area contributed by atoms with Crippen molar-refractivity contribution in [1.29, 1.82) is 0 Å². The molecule has 12 heteroatoms. The van der Waals surface area contributed by atoms with Crippen molar-refractivity contribution in [3.05, 3.63) is 73.6 Å². The third kappa shape index (κ3) is 9.93. The van der Waals surface area contributed by atoms with Crippen molar-refractivity contribution < 1.29 is 33.3 Å². The Morgan fingerprint density at radius 1 is 0.821 bits per heavy atom. The predicted octanol–water partition coefficient (Wildman–Crippen LogP) is 6.94. The van der Waals surface area contributed by atoms with Crippen LogP contribution in [0.3, 0.4) is 0 Å². The maximum absolute atomic E-state index is 13.5. The van der Waals surface area contributed by atoms with E-state index in [-0.39, 0.29) is 34.4 Å². The Kier molecular flexibility index (Phi) is 14.1. The second-order valence-corrected chi connectivity index (χ2v) is 10.2. The molecule has 0 radical (unpaired) electrons. The van der Waals surface area contributed by atoms with Crippen LogP contribution in [0.1, 0.15) is 77.3 Å². The van der Waals surface area contributed by atoms with Crippen LogP contribution in [-0.4, -0.2) is 40.2 Å². The molecule has 0 saturated carbocycles. The van der Waals surface area contributed by atoms with Gasteiger partial charge in [0.1, 0.15) is 0 Å². The summed E-state index contributed by atoms with van der Waals surface area (Å²) in [4.78, 5) is 44.6. The highest BCUT2D eigenvalue weighted by molar-refractivity contribution is 8.00. The number of nitro groups is 2. The number of esters is 2. The first-order valence-corrected chi connectivity index (χ1v) is 13.5. The van der Waals surface area contributed by atoms with Crippen LogP contribution in [0.25, 0.3) is 0 Å². The highest BCUT2D eigenvalue weighted by atomic mass is 32.2. The normalized spacial score (nSPS) is 12.1. The summed E-state index contributed by atoms with van der Waals surface area (Å²) in [5.41, 5.74) is 0.636. The highest BCUT2D eigenvalue weighted by Gasteiger charge is 2.25. The van der Waals surface area contributed by atoms with Crippen molar-refractivity contribution in [1.82, 2.24) is 0 Å². The van der Waals surface area contributed by atoms with Crippen LogP contribution in [0.5, 0.6) is 0 Å². The fourth-order valence-corrected chi connectivity index (χ4v) is 4.67. The minimum absolute atomic E-state index is 0.0798. The van der Waals surface area contributed by atoms with Crippen LogP contribution in [-0.2, 0) is 19.1 Å². The van der Waals surface area contributed by atoms with E-state index in [2.05, 4.69) is 0 Å². The van der Waals surface area contributed by atoms with E-state index in [1.165, 1.54) is 23.9 Å². The van der Waals surface area contributed by atoms with Crippen molar-refractivity contribution in [2.24, 2.45) is 0 Å². The van der Waals surface area contributed by atoms with E-state index in [9.17, 15) is 34.2 Å². The minimum atomic E-state index is -0.944. The van der Waals surface area contributed by atoms with Crippen molar-refractivity contribution in [2.75, 3.05) is 13.2 Å². The van der Waals surface area contributed by atoms with Crippen LogP contribution in [0.2, 0.25) is 0 Å². The van der Waals surface area contributed by atoms with Gasteiger partial charge >= 0.3 is 17.6 Å². The third-order valence-corrected chi connectivity index (χ3v) is 6.53. The Balaban J connectivity index is 0.000000395. The molecule has 0 aliphatic rings. The quantitative estimate of drug-likeness (QED) is 0.116. The van der Waals surface area contributed by atoms with Gasteiger partial charge in [-0.2, -0.15) is 4.39 Å². The van der Waals surface area contributed by atoms with Gasteiger partial charge in [-0.05, 0) is 49.9 Å². The Labute approximate surface area is 231 Å². The number of benzene rings is 2. The fourth-order valence-electron chi connectivity index (χ4n) is 3.70. The molecular weight excluding hydrogens is 531 g/mol. The molecular formula is C27H35FN2O8S. The maximum Gasteiger partial charge on any atom is 0.313 e. The van der Waals surface area contributed by atoms with Crippen LogP contribution in [0.15, 0.2) is 41.3 Å². The van der Waals surface area contributed by atoms with E-state index in [4.69, 9.17) is 9.47 Å². The van der Waals surface area contributed by atoms with Gasteiger partial charge in [-0.25, -0.2) is 0 Å². The Bertz CT molecular complexity index is 1160. The van der Waals surface area contributed by atoms with Crippen LogP contribution >= 0.6 is 11.8 Å². The first kappa shape index (κ1) is 33.5. The van der Waals surface area contributed by atoms with Gasteiger partial charge in [0.05, 0.1) is 39.8 Å². The molecule has 0 N–H and O–H groups in total. The zero-order valence-corrected chi connectivity index (χ0v) is 23.8. The van der Waals surface area contributed by atoms with Crippen LogP contribution in [0.4, 0.5) is 15.8 Å². The van der Waals surface area contributed by atoms with Crippen LogP contribution < -0.4 is 0 Å². The van der Waals surface area contributed by atoms with Gasteiger partial charge in [-0.3, -0.25) is 29.8 Å². The SMILES string of the molecule is CCOC(=O)C(CC)c1ccc([N+](=O)[O-])c(F)c1.CCOC(=O)C(CC)c1ccc([N+](=O)[O-])c(SC(C)C)c1. The zero-order chi connectivity index (χ0) is 29.7. The molecule has 2 aromatic carbocycles. The molecule has 0 fully saturated rings. The van der Waals surface area contributed by atoms with Gasteiger partial charge in [0.15, 0.2) is 0 Å². The summed E-state index contributed by atoms with van der Waals surface area (Å²) in [6.07, 6.45) is 1.04. The number of halogens is 1. The van der Waals surface area contributed by atoms with E-state index in [0.29, 0.717) is 29.9 Å². The molecule has 2 rings (SSSR count). The number of carbonyl (C=O) groups is 2. The van der Waals surface area contributed by atoms with E-state index in [1.807, 2.05) is 20.8 Å². The molecule has 10 nitrogen and oxygen atoms in total. The maximum atomic E-state index is 13.5. The van der Waals surface area contributed by atoms with E-state index in [0.717, 1.165) is 17.7 Å². The van der Waals surface area contributed by atoms with Gasteiger partial charge in [-0.1, -0.05) is 39.8 Å². The van der Waals surface area contributed by atoms with Gasteiger partial charge in [0.2, 0.25) is 5.82 Å². The smallest absolute Gasteiger partial charge is 0.313 e. The molecule has 214 valence electrons. The average Bonchev–Trinajstić information content (AvgIpc) is 2.85. The van der Waals surface area contributed by atoms with Crippen molar-refractivity contribution >= 4 is 35.1 Å². The Morgan fingerprint density at radius 2 is 1.26 bits per heavy atom. The summed E-state index contributed by atoms with van der Waals surface area (Å²) in [5, 5.41) is 21.8. The van der Waals surface area contributed by atoms with Gasteiger partial charge in [-0.15, -0.1) is 11.8 Å². The van der Waals surface area contributed by atoms with Crippen molar-refractivity contribution in [3.8, 4) is 0 Å². The molecule has 0 amide bonds. The number of nitrogens with zero attached hydrogens (tertiary/aromatic N) is 2. The molecule has 0 aromatic heterocycles. The second kappa shape index (κ2) is 16.4. The molecule has 0 heterocycles. The molecule has 0 spiro atoms. The highest BCUT2D eigenvalue weighted by Crippen LogP contribution is 2.35. The first-order chi connectivity index (χ1) is 18.4. The molecule has 0 aliphatic carbocycles. The van der Waals surface area contributed by atoms with Gasteiger partial charge in [0.25, 0.3) is 5.69 Å². The summed E-state index contributed by atoms with van der Waals surface area (Å²) in [5.74, 6) is -2.65. The number of nitro benzene ring substituents is 2. The molecule has 2 unspecified atom stereocenters. The summed E-state index contributed by atoms with van der Waals surface area (Å²) >= 11 is 1.43. The number of rotatable bonds is 12. The number of hydrogen-bond donors (Lipinski definition) is 0. The average molecular weight is 567 g/mol. The predicted molar refractivity (Wildman–Crippen MR) is 146 cm³/mol. The van der Waals surface area contributed by atoms with E-state index >= 15 is 0 Å². The summed E-state index contributed by atoms with van der Waals surface area (Å²) in [6.45, 7) is 11.6. The first-order valence-electron chi connectivity index (χ1n) is 12.6. The summed E-state index contributed by atoms with van der Waals surface area (Å²) < 4.78 is 23.4. The fraction of sp³-hybridized carbons (Fsp3) is 0.481. The lowest BCUT2D eigenvalue weighted by molar-refractivity contribution is -0.387. The Hall–Kier alpha value is -3.54. The standard InChI is InChI=1S/C15H21NO4S.C12H14FNO4/c1-5-12(15(17)20-6-2)11-7-8-13(16(18)19)14(9-11)21-10(3)4;1-3-9(12(15)18-4-2)8-5-6-11(14(16)17)10(13)7-8/h7-10,12H,5-6H2,1-4H3;5-7,9H,3-4H2,1-2H3. The van der Waals surface area contributed by atoms with Crippen molar-refractivity contribution in [2.45, 2.75) is 76.4 Å². The molecule has 2 atom stereocenters. The number of carbonyl (C=O) groups excluding carboxylic acids is 2. The number of hydrogen-bond acceptors (Lipinski definition) is 9. The third-order valence-electron chi connectivity index (χ3n) is 5.48. The zero-order valence-electron chi connectivity index (χ0n) is 23.0. The minimum Gasteiger partial charge on any atom is -0.466 e. The largest absolute Gasteiger partial charge is 0.466 e. The van der Waals surface area contributed by atoms with Gasteiger partial charge in [0, 0.05) is 17.4 Å². The summed E-state index contributed by atoms with van der Waals surface area (Å²) in [6, 6.07) is 8.32. The van der Waals surface area contributed by atoms with Crippen molar-refractivity contribution in [3.63, 3.8) is 0 Å². The van der Waals surface area contributed by atoms with E-state index < -0.39 is 28.3 Å². The number of ether oxygens (including phenoxy) is 2. The lowest BCUT2D eigenvalue weighted by Gasteiger charge is -2.15. The Morgan fingerprint density at radius 3 is 1.62 bits per heavy atom. The molecule has 0 aliphatic heterocycles. The number of thioether (sulfide) groups is 1. The lowest BCUT2D eigenvalue weighted by atomic mass is 9.96. The van der Waals surface area contributed by atoms with E-state index in [1.54, 1.807) is 32.9 Å². The topological polar surface area (TPSA) is 139 Å². The second-order valence-electron chi connectivity index (χ2n) is 8.54. The summed E-state index contributed by atoms with van der Waals surface area (Å²) in [7, 11) is 0. The monoisotopic (exact) mass is 566 g/mol. The van der Waals surface area contributed by atoms with Crippen LogP contribution in [0, 0.1) is 26.0 Å². The molecule has 39 heavy (non-hydrogen) atoms. The van der Waals surface area contributed by atoms with Gasteiger partial charge < -0.3 is 9.47 Å². The molecule has 0 bridgehead atoms.